The summed E-state index contributed by atoms with van der Waals surface area (Å²) in [5, 5.41) is 0.370. The zero-order valence-electron chi connectivity index (χ0n) is 18.2. The molecule has 0 spiro atoms. The smallest absolute Gasteiger partial charge is 0.416 e. The van der Waals surface area contributed by atoms with Gasteiger partial charge in [-0.15, -0.1) is 0 Å². The minimum absolute atomic E-state index is 0.0409. The van der Waals surface area contributed by atoms with Crippen LogP contribution in [-0.2, 0) is 27.9 Å². The summed E-state index contributed by atoms with van der Waals surface area (Å²) in [6.45, 7) is -0.193. The topological polar surface area (TPSA) is 77.5 Å². The Hall–Kier alpha value is -2.02. The van der Waals surface area contributed by atoms with E-state index >= 15 is 0 Å². The summed E-state index contributed by atoms with van der Waals surface area (Å²) in [6, 6.07) is 5.21. The molecule has 2 aromatic rings. The summed E-state index contributed by atoms with van der Waals surface area (Å²) in [5.74, 6) is -1.74. The normalized spacial score (nSPS) is 19.1. The lowest BCUT2D eigenvalue weighted by Crippen LogP contribution is -2.35. The molecule has 0 aliphatic carbocycles. The summed E-state index contributed by atoms with van der Waals surface area (Å²) in [6.07, 6.45) is -10.0. The van der Waals surface area contributed by atoms with Crippen LogP contribution in [0.15, 0.2) is 36.4 Å². The highest BCUT2D eigenvalue weighted by molar-refractivity contribution is 7.85. The highest BCUT2D eigenvalue weighted by Gasteiger charge is 2.43. The van der Waals surface area contributed by atoms with E-state index in [9.17, 15) is 44.1 Å². The summed E-state index contributed by atoms with van der Waals surface area (Å²) in [7, 11) is -4.54. The van der Waals surface area contributed by atoms with Crippen molar-refractivity contribution in [2.75, 3.05) is 18.8 Å². The molecule has 2 aromatic carbocycles. The second-order valence-corrected chi connectivity index (χ2v) is 10.9. The number of amides is 1. The molecule has 1 heterocycles. The summed E-state index contributed by atoms with van der Waals surface area (Å²) < 4.78 is 113. The molecule has 1 fully saturated rings. The lowest BCUT2D eigenvalue weighted by atomic mass is 9.76. The minimum atomic E-state index is -5.12. The third-order valence-electron chi connectivity index (χ3n) is 6.06. The molecule has 14 heteroatoms. The standard InChI is InChI=1S/C22H19Cl2F6NO4S/c23-17-3-2-14(11-18(17)24)20(4-1-7-36(33,34)35)5-6-31(12-20)19(32)13-8-15(21(25,26)27)10-16(9-13)22(28,29)30/h2-3,8-11H,1,4-7,12H2,(H,33,34,35)/p-1. The largest absolute Gasteiger partial charge is 0.748 e. The fraction of sp³-hybridized carbons (Fsp3) is 0.409. The van der Waals surface area contributed by atoms with Crippen molar-refractivity contribution >= 4 is 39.2 Å². The van der Waals surface area contributed by atoms with Crippen molar-refractivity contribution < 1.29 is 44.1 Å². The van der Waals surface area contributed by atoms with Crippen molar-refractivity contribution in [2.24, 2.45) is 0 Å². The second kappa shape index (κ2) is 10.0. The molecule has 198 valence electrons. The number of carbonyl (C=O) groups is 1. The number of alkyl halides is 6. The van der Waals surface area contributed by atoms with E-state index in [0.717, 1.165) is 4.90 Å². The predicted octanol–water partition coefficient (Wildman–Crippen LogP) is 6.14. The van der Waals surface area contributed by atoms with Gasteiger partial charge in [0, 0.05) is 29.8 Å². The molecular formula is C22H18Cl2F6NO4S-. The minimum Gasteiger partial charge on any atom is -0.748 e. The number of halogens is 8. The molecule has 1 amide bonds. The van der Waals surface area contributed by atoms with Crippen molar-refractivity contribution in [2.45, 2.75) is 37.0 Å². The van der Waals surface area contributed by atoms with Crippen molar-refractivity contribution in [1.29, 1.82) is 0 Å². The monoisotopic (exact) mass is 576 g/mol. The molecule has 0 bridgehead atoms. The Morgan fingerprint density at radius 1 is 0.972 bits per heavy atom. The van der Waals surface area contributed by atoms with Crippen molar-refractivity contribution in [3.63, 3.8) is 0 Å². The zero-order valence-corrected chi connectivity index (χ0v) is 20.5. The van der Waals surface area contributed by atoms with Gasteiger partial charge in [0.25, 0.3) is 5.91 Å². The van der Waals surface area contributed by atoms with Crippen molar-refractivity contribution in [3.8, 4) is 0 Å². The first-order valence-electron chi connectivity index (χ1n) is 10.4. The van der Waals surface area contributed by atoms with E-state index < -0.39 is 56.2 Å². The highest BCUT2D eigenvalue weighted by Crippen LogP contribution is 2.42. The van der Waals surface area contributed by atoms with Crippen LogP contribution in [-0.4, -0.2) is 42.6 Å². The van der Waals surface area contributed by atoms with Gasteiger partial charge in [-0.1, -0.05) is 29.3 Å². The van der Waals surface area contributed by atoms with E-state index in [-0.39, 0.29) is 48.5 Å². The predicted molar refractivity (Wildman–Crippen MR) is 119 cm³/mol. The van der Waals surface area contributed by atoms with E-state index in [1.54, 1.807) is 6.07 Å². The summed E-state index contributed by atoms with van der Waals surface area (Å²) in [4.78, 5) is 14.2. The van der Waals surface area contributed by atoms with Gasteiger partial charge in [0.1, 0.15) is 0 Å². The van der Waals surface area contributed by atoms with Gasteiger partial charge in [-0.05, 0) is 55.2 Å². The molecule has 0 aromatic heterocycles. The number of carbonyl (C=O) groups excluding carboxylic acids is 1. The first-order chi connectivity index (χ1) is 16.4. The lowest BCUT2D eigenvalue weighted by molar-refractivity contribution is -0.143. The van der Waals surface area contributed by atoms with E-state index in [1.165, 1.54) is 12.1 Å². The first kappa shape index (κ1) is 28.5. The molecule has 1 atom stereocenters. The van der Waals surface area contributed by atoms with Crippen molar-refractivity contribution in [3.05, 3.63) is 68.7 Å². The molecule has 1 saturated heterocycles. The Morgan fingerprint density at radius 2 is 1.56 bits per heavy atom. The molecular weight excluding hydrogens is 559 g/mol. The third-order valence-corrected chi connectivity index (χ3v) is 7.58. The van der Waals surface area contributed by atoms with Crippen LogP contribution >= 0.6 is 23.2 Å². The van der Waals surface area contributed by atoms with Gasteiger partial charge in [0.05, 0.1) is 31.3 Å². The average molecular weight is 577 g/mol. The van der Waals surface area contributed by atoms with Crippen LogP contribution in [0.1, 0.15) is 46.3 Å². The molecule has 0 saturated carbocycles. The number of hydrogen-bond acceptors (Lipinski definition) is 4. The number of benzene rings is 2. The SMILES string of the molecule is O=C(c1cc(C(F)(F)F)cc(C(F)(F)F)c1)N1CCC(CCCS(=O)(=O)[O-])(c2ccc(Cl)c(Cl)c2)C1. The molecule has 1 aliphatic heterocycles. The van der Waals surface area contributed by atoms with E-state index in [0.29, 0.717) is 17.7 Å². The number of rotatable bonds is 6. The van der Waals surface area contributed by atoms with Gasteiger partial charge in [0.2, 0.25) is 0 Å². The Balaban J connectivity index is 1.97. The molecule has 1 aliphatic rings. The number of likely N-dealkylation sites (tertiary alicyclic amines) is 1. The summed E-state index contributed by atoms with van der Waals surface area (Å²) >= 11 is 12.1. The van der Waals surface area contributed by atoms with Gasteiger partial charge >= 0.3 is 12.4 Å². The van der Waals surface area contributed by atoms with Gasteiger partial charge < -0.3 is 9.45 Å². The first-order valence-corrected chi connectivity index (χ1v) is 12.7. The molecule has 3 rings (SSSR count). The van der Waals surface area contributed by atoms with E-state index in [2.05, 4.69) is 0 Å². The fourth-order valence-corrected chi connectivity index (χ4v) is 5.10. The maximum atomic E-state index is 13.2. The van der Waals surface area contributed by atoms with Gasteiger partial charge in [-0.3, -0.25) is 4.79 Å². The Morgan fingerprint density at radius 3 is 2.06 bits per heavy atom. The van der Waals surface area contributed by atoms with E-state index in [4.69, 9.17) is 23.2 Å². The number of nitrogens with zero attached hydrogens (tertiary/aromatic N) is 1. The summed E-state index contributed by atoms with van der Waals surface area (Å²) in [5.41, 5.74) is -4.43. The molecule has 1 unspecified atom stereocenters. The number of hydrogen-bond donors (Lipinski definition) is 0. The second-order valence-electron chi connectivity index (χ2n) is 8.55. The van der Waals surface area contributed by atoms with Crippen LogP contribution in [0.5, 0.6) is 0 Å². The Kier molecular flexibility index (Phi) is 7.96. The van der Waals surface area contributed by atoms with Gasteiger partial charge in [-0.2, -0.15) is 26.3 Å². The van der Waals surface area contributed by atoms with E-state index in [1.807, 2.05) is 0 Å². The zero-order chi connectivity index (χ0) is 27.1. The van der Waals surface area contributed by atoms with Crippen LogP contribution in [0.3, 0.4) is 0 Å². The van der Waals surface area contributed by atoms with Crippen LogP contribution in [0.25, 0.3) is 0 Å². The van der Waals surface area contributed by atoms with Crippen LogP contribution < -0.4 is 0 Å². The Labute approximate surface area is 212 Å². The van der Waals surface area contributed by atoms with Gasteiger partial charge in [-0.25, -0.2) is 8.42 Å². The Bertz CT molecular complexity index is 1230. The molecule has 36 heavy (non-hydrogen) atoms. The molecule has 0 radical (unpaired) electrons. The maximum Gasteiger partial charge on any atom is 0.416 e. The van der Waals surface area contributed by atoms with Crippen LogP contribution in [0.4, 0.5) is 26.3 Å². The maximum absolute atomic E-state index is 13.2. The van der Waals surface area contributed by atoms with Crippen LogP contribution in [0.2, 0.25) is 10.0 Å². The lowest BCUT2D eigenvalue weighted by Gasteiger charge is -2.31. The quantitative estimate of drug-likeness (QED) is 0.305. The van der Waals surface area contributed by atoms with Crippen molar-refractivity contribution in [1.82, 2.24) is 4.90 Å². The third kappa shape index (κ3) is 6.64. The molecule has 0 N–H and O–H groups in total. The fourth-order valence-electron chi connectivity index (χ4n) is 4.30. The highest BCUT2D eigenvalue weighted by atomic mass is 35.5. The average Bonchev–Trinajstić information content (AvgIpc) is 3.18. The van der Waals surface area contributed by atoms with Crippen LogP contribution in [0, 0.1) is 0 Å². The molecule has 5 nitrogen and oxygen atoms in total. The van der Waals surface area contributed by atoms with Gasteiger partial charge in [0.15, 0.2) is 0 Å².